The highest BCUT2D eigenvalue weighted by Gasteiger charge is 2.15. The zero-order valence-electron chi connectivity index (χ0n) is 11.1. The maximum atomic E-state index is 11.2. The summed E-state index contributed by atoms with van der Waals surface area (Å²) < 4.78 is 5.31. The molecule has 1 aliphatic rings. The smallest absolute Gasteiger partial charge is 0.262 e. The lowest BCUT2D eigenvalue weighted by molar-refractivity contribution is -0.118. The van der Waals surface area contributed by atoms with Gasteiger partial charge in [0.15, 0.2) is 6.61 Å². The van der Waals surface area contributed by atoms with Gasteiger partial charge < -0.3 is 20.5 Å². The van der Waals surface area contributed by atoms with Crippen LogP contribution in [0, 0.1) is 5.92 Å². The average molecular weight is 264 g/mol. The number of benzene rings is 1. The molecule has 1 atom stereocenters. The molecule has 0 saturated carbocycles. The van der Waals surface area contributed by atoms with Crippen LogP contribution in [0.15, 0.2) is 18.2 Å². The van der Waals surface area contributed by atoms with Gasteiger partial charge in [0.1, 0.15) is 5.75 Å². The number of rotatable bonds is 6. The van der Waals surface area contributed by atoms with Crippen LogP contribution in [0.5, 0.6) is 5.75 Å². The summed E-state index contributed by atoms with van der Waals surface area (Å²) in [6.45, 7) is 4.01. The number of ether oxygens (including phenoxy) is 1. The Kier molecular flexibility index (Phi) is 4.76. The van der Waals surface area contributed by atoms with Gasteiger partial charge in [-0.3, -0.25) is 4.79 Å². The summed E-state index contributed by atoms with van der Waals surface area (Å²) in [7, 11) is 0. The Morgan fingerprint density at radius 1 is 1.53 bits per heavy atom. The van der Waals surface area contributed by atoms with E-state index in [-0.39, 0.29) is 19.1 Å². The van der Waals surface area contributed by atoms with Crippen LogP contribution in [0.1, 0.15) is 18.9 Å². The first kappa shape index (κ1) is 13.8. The van der Waals surface area contributed by atoms with Gasteiger partial charge in [-0.1, -0.05) is 13.0 Å². The second kappa shape index (κ2) is 6.54. The molecule has 1 aromatic carbocycles. The van der Waals surface area contributed by atoms with Crippen LogP contribution in [0.3, 0.4) is 0 Å². The monoisotopic (exact) mass is 264 g/mol. The zero-order valence-corrected chi connectivity index (χ0v) is 11.1. The summed E-state index contributed by atoms with van der Waals surface area (Å²) >= 11 is 0. The number of aliphatic hydroxyl groups excluding tert-OH is 1. The number of amides is 1. The van der Waals surface area contributed by atoms with Crippen LogP contribution >= 0.6 is 0 Å². The first-order chi connectivity index (χ1) is 9.19. The molecule has 1 unspecified atom stereocenters. The molecule has 0 bridgehead atoms. The molecule has 1 heterocycles. The first-order valence-electron chi connectivity index (χ1n) is 6.56. The normalized spacial score (nSPS) is 15.4. The predicted octanol–water partition coefficient (Wildman–Crippen LogP) is 1.13. The Morgan fingerprint density at radius 2 is 2.37 bits per heavy atom. The molecule has 5 nitrogen and oxygen atoms in total. The molecule has 0 fully saturated rings. The maximum Gasteiger partial charge on any atom is 0.262 e. The third-order valence-corrected chi connectivity index (χ3v) is 3.12. The van der Waals surface area contributed by atoms with E-state index in [0.29, 0.717) is 5.92 Å². The Bertz CT molecular complexity index is 448. The standard InChI is InChI=1S/C14H20N2O3/c1-10(4-5-17)7-15-8-11-2-3-13-12(6-11)16-14(18)9-19-13/h2-3,6,10,15,17H,4-5,7-9H2,1H3,(H,16,18). The van der Waals surface area contributed by atoms with Crippen molar-refractivity contribution in [3.8, 4) is 5.75 Å². The van der Waals surface area contributed by atoms with Crippen molar-refractivity contribution in [2.24, 2.45) is 5.92 Å². The van der Waals surface area contributed by atoms with E-state index in [9.17, 15) is 4.79 Å². The number of nitrogens with one attached hydrogen (secondary N) is 2. The number of carbonyl (C=O) groups is 1. The minimum atomic E-state index is -0.117. The summed E-state index contributed by atoms with van der Waals surface area (Å²) in [4.78, 5) is 11.2. The van der Waals surface area contributed by atoms with Gasteiger partial charge in [0.05, 0.1) is 5.69 Å². The largest absolute Gasteiger partial charge is 0.482 e. The van der Waals surface area contributed by atoms with Gasteiger partial charge in [-0.05, 0) is 36.6 Å². The van der Waals surface area contributed by atoms with E-state index in [1.54, 1.807) is 0 Å². The minimum absolute atomic E-state index is 0.0866. The molecule has 1 aromatic rings. The SMILES string of the molecule is CC(CCO)CNCc1ccc2c(c1)NC(=O)CO2. The molecular formula is C14H20N2O3. The molecule has 5 heteroatoms. The number of fused-ring (bicyclic) bond motifs is 1. The summed E-state index contributed by atoms with van der Waals surface area (Å²) in [6, 6.07) is 5.79. The van der Waals surface area contributed by atoms with Gasteiger partial charge in [-0.2, -0.15) is 0 Å². The van der Waals surface area contributed by atoms with Crippen molar-refractivity contribution >= 4 is 11.6 Å². The van der Waals surface area contributed by atoms with E-state index in [1.165, 1.54) is 0 Å². The molecule has 2 rings (SSSR count). The maximum absolute atomic E-state index is 11.2. The third-order valence-electron chi connectivity index (χ3n) is 3.12. The number of carbonyl (C=O) groups excluding carboxylic acids is 1. The summed E-state index contributed by atoms with van der Waals surface area (Å²) in [5.41, 5.74) is 1.83. The van der Waals surface area contributed by atoms with E-state index >= 15 is 0 Å². The molecule has 19 heavy (non-hydrogen) atoms. The van der Waals surface area contributed by atoms with Gasteiger partial charge in [-0.25, -0.2) is 0 Å². The summed E-state index contributed by atoms with van der Waals surface area (Å²) in [5, 5.41) is 15.0. The van der Waals surface area contributed by atoms with E-state index in [2.05, 4.69) is 17.6 Å². The Balaban J connectivity index is 1.88. The number of anilines is 1. The minimum Gasteiger partial charge on any atom is -0.482 e. The molecular weight excluding hydrogens is 244 g/mol. The van der Waals surface area contributed by atoms with Crippen LogP contribution < -0.4 is 15.4 Å². The van der Waals surface area contributed by atoms with Crippen LogP contribution in [-0.4, -0.2) is 30.8 Å². The van der Waals surface area contributed by atoms with Crippen molar-refractivity contribution in [1.82, 2.24) is 5.32 Å². The average Bonchev–Trinajstić information content (AvgIpc) is 2.38. The van der Waals surface area contributed by atoms with Crippen molar-refractivity contribution < 1.29 is 14.6 Å². The van der Waals surface area contributed by atoms with Gasteiger partial charge >= 0.3 is 0 Å². The molecule has 3 N–H and O–H groups in total. The van der Waals surface area contributed by atoms with E-state index in [4.69, 9.17) is 9.84 Å². The van der Waals surface area contributed by atoms with E-state index < -0.39 is 0 Å². The third kappa shape index (κ3) is 3.94. The highest BCUT2D eigenvalue weighted by atomic mass is 16.5. The van der Waals surface area contributed by atoms with Gasteiger partial charge in [-0.15, -0.1) is 0 Å². The first-order valence-corrected chi connectivity index (χ1v) is 6.56. The molecule has 104 valence electrons. The fourth-order valence-electron chi connectivity index (χ4n) is 2.03. The highest BCUT2D eigenvalue weighted by Crippen LogP contribution is 2.28. The Labute approximate surface area is 113 Å². The van der Waals surface area contributed by atoms with E-state index in [1.807, 2.05) is 18.2 Å². The van der Waals surface area contributed by atoms with Crippen LogP contribution in [-0.2, 0) is 11.3 Å². The lowest BCUT2D eigenvalue weighted by Crippen LogP contribution is -2.26. The molecule has 1 aliphatic heterocycles. The molecule has 0 aliphatic carbocycles. The van der Waals surface area contributed by atoms with Crippen molar-refractivity contribution in [2.75, 3.05) is 25.1 Å². The quantitative estimate of drug-likeness (QED) is 0.720. The number of hydrogen-bond donors (Lipinski definition) is 3. The second-order valence-corrected chi connectivity index (χ2v) is 4.92. The summed E-state index contributed by atoms with van der Waals surface area (Å²) in [6.07, 6.45) is 0.807. The fraction of sp³-hybridized carbons (Fsp3) is 0.500. The Morgan fingerprint density at radius 3 is 3.16 bits per heavy atom. The Hall–Kier alpha value is -1.59. The van der Waals surface area contributed by atoms with Crippen molar-refractivity contribution in [3.63, 3.8) is 0 Å². The highest BCUT2D eigenvalue weighted by molar-refractivity contribution is 5.95. The van der Waals surface area contributed by atoms with Crippen molar-refractivity contribution in [2.45, 2.75) is 19.9 Å². The van der Waals surface area contributed by atoms with Gasteiger partial charge in [0, 0.05) is 13.2 Å². The van der Waals surface area contributed by atoms with E-state index in [0.717, 1.165) is 36.5 Å². The van der Waals surface area contributed by atoms with Crippen molar-refractivity contribution in [1.29, 1.82) is 0 Å². The van der Waals surface area contributed by atoms with Gasteiger partial charge in [0.25, 0.3) is 5.91 Å². The predicted molar refractivity (Wildman–Crippen MR) is 73.1 cm³/mol. The van der Waals surface area contributed by atoms with Crippen LogP contribution in [0.2, 0.25) is 0 Å². The molecule has 0 radical (unpaired) electrons. The van der Waals surface area contributed by atoms with Crippen molar-refractivity contribution in [3.05, 3.63) is 23.8 Å². The second-order valence-electron chi connectivity index (χ2n) is 4.92. The zero-order chi connectivity index (χ0) is 13.7. The number of aliphatic hydroxyl groups is 1. The van der Waals surface area contributed by atoms with Crippen LogP contribution in [0.4, 0.5) is 5.69 Å². The molecule has 1 amide bonds. The lowest BCUT2D eigenvalue weighted by Gasteiger charge is -2.19. The molecule has 0 saturated heterocycles. The van der Waals surface area contributed by atoms with Crippen LogP contribution in [0.25, 0.3) is 0 Å². The number of hydrogen-bond acceptors (Lipinski definition) is 4. The molecule has 0 spiro atoms. The molecule has 0 aromatic heterocycles. The lowest BCUT2D eigenvalue weighted by atomic mass is 10.1. The fourth-order valence-corrected chi connectivity index (χ4v) is 2.03. The topological polar surface area (TPSA) is 70.6 Å². The van der Waals surface area contributed by atoms with Gasteiger partial charge in [0.2, 0.25) is 0 Å². The summed E-state index contributed by atoms with van der Waals surface area (Å²) in [5.74, 6) is 1.05.